The number of hydrogen-bond donors (Lipinski definition) is 0. The molecule has 9 heteroatoms. The van der Waals surface area contributed by atoms with Gasteiger partial charge >= 0.3 is 0 Å². The second-order valence-corrected chi connectivity index (χ2v) is 9.09. The molecule has 5 rings (SSSR count). The number of aromatic nitrogens is 4. The molecular formula is C25H21N5O3S. The van der Waals surface area contributed by atoms with E-state index in [1.54, 1.807) is 23.9 Å². The highest BCUT2D eigenvalue weighted by molar-refractivity contribution is 7.99. The molecule has 0 aliphatic rings. The lowest BCUT2D eigenvalue weighted by Gasteiger charge is -2.11. The zero-order chi connectivity index (χ0) is 23.5. The van der Waals surface area contributed by atoms with E-state index in [-0.39, 0.29) is 10.9 Å². The Morgan fingerprint density at radius 1 is 1.00 bits per heavy atom. The maximum absolute atomic E-state index is 10.9. The minimum atomic E-state index is -0.439. The maximum Gasteiger partial charge on any atom is 0.269 e. The second kappa shape index (κ2) is 9.48. The summed E-state index contributed by atoms with van der Waals surface area (Å²) in [5.41, 5.74) is 3.96. The Hall–Kier alpha value is -3.98. The summed E-state index contributed by atoms with van der Waals surface area (Å²) in [4.78, 5) is 15.3. The lowest BCUT2D eigenvalue weighted by Crippen LogP contribution is -2.04. The highest BCUT2D eigenvalue weighted by Gasteiger charge is 2.21. The van der Waals surface area contributed by atoms with Gasteiger partial charge in [0.05, 0.1) is 21.2 Å². The molecular weight excluding hydrogens is 450 g/mol. The molecule has 0 fully saturated rings. The summed E-state index contributed by atoms with van der Waals surface area (Å²) < 4.78 is 8.13. The van der Waals surface area contributed by atoms with Crippen molar-refractivity contribution in [2.24, 2.45) is 0 Å². The number of nitro groups is 1. The predicted octanol–water partition coefficient (Wildman–Crippen LogP) is 6.09. The first-order chi connectivity index (χ1) is 16.6. The summed E-state index contributed by atoms with van der Waals surface area (Å²) in [6, 6.07) is 24.6. The van der Waals surface area contributed by atoms with E-state index in [0.29, 0.717) is 17.3 Å². The Morgan fingerprint density at radius 3 is 2.50 bits per heavy atom. The van der Waals surface area contributed by atoms with Gasteiger partial charge in [-0.2, -0.15) is 0 Å². The molecule has 0 saturated heterocycles. The van der Waals surface area contributed by atoms with Gasteiger partial charge in [-0.3, -0.25) is 10.1 Å². The van der Waals surface area contributed by atoms with Gasteiger partial charge in [-0.15, -0.1) is 10.2 Å². The predicted molar refractivity (Wildman–Crippen MR) is 131 cm³/mol. The normalized spacial score (nSPS) is 12.1. The topological polar surface area (TPSA) is 99.9 Å². The Bertz CT molecular complexity index is 1430. The van der Waals surface area contributed by atoms with Gasteiger partial charge in [-0.05, 0) is 43.2 Å². The van der Waals surface area contributed by atoms with Crippen molar-refractivity contribution < 1.29 is 9.34 Å². The fourth-order valence-corrected chi connectivity index (χ4v) is 4.68. The fraction of sp³-hybridized carbons (Fsp3) is 0.160. The molecule has 0 aliphatic heterocycles. The van der Waals surface area contributed by atoms with Crippen LogP contribution in [0.15, 0.2) is 88.4 Å². The molecule has 5 aromatic rings. The van der Waals surface area contributed by atoms with Crippen LogP contribution in [0.1, 0.15) is 23.6 Å². The summed E-state index contributed by atoms with van der Waals surface area (Å²) in [6.07, 6.45) is 0.897. The van der Waals surface area contributed by atoms with Crippen LogP contribution in [0.5, 0.6) is 0 Å². The average molecular weight is 472 g/mol. The van der Waals surface area contributed by atoms with Crippen molar-refractivity contribution in [1.82, 2.24) is 19.7 Å². The zero-order valence-corrected chi connectivity index (χ0v) is 19.2. The summed E-state index contributed by atoms with van der Waals surface area (Å²) >= 11 is 1.57. The van der Waals surface area contributed by atoms with E-state index in [1.807, 2.05) is 31.2 Å². The van der Waals surface area contributed by atoms with Crippen LogP contribution in [0.2, 0.25) is 0 Å². The number of hydrogen-bond acceptors (Lipinski definition) is 7. The molecule has 0 N–H and O–H groups in total. The molecule has 170 valence electrons. The molecule has 0 saturated carbocycles. The van der Waals surface area contributed by atoms with E-state index in [2.05, 4.69) is 45.1 Å². The van der Waals surface area contributed by atoms with Crippen LogP contribution in [0.25, 0.3) is 22.5 Å². The second-order valence-electron chi connectivity index (χ2n) is 7.78. The minimum Gasteiger partial charge on any atom is -0.419 e. The van der Waals surface area contributed by atoms with Crippen LogP contribution in [0.3, 0.4) is 0 Å². The van der Waals surface area contributed by atoms with Crippen LogP contribution in [0, 0.1) is 10.1 Å². The molecule has 3 aromatic carbocycles. The average Bonchev–Trinajstić information content (AvgIpc) is 3.49. The molecule has 0 amide bonds. The van der Waals surface area contributed by atoms with Gasteiger partial charge in [0, 0.05) is 24.2 Å². The van der Waals surface area contributed by atoms with Gasteiger partial charge in [0.2, 0.25) is 11.8 Å². The SMILES string of the molecule is CC(Sc1nc2ccccc2n1CCc1ccccc1)c1nnc(-c2ccc([N+](=O)[O-])cc2)o1. The Morgan fingerprint density at radius 2 is 1.74 bits per heavy atom. The number of thioether (sulfide) groups is 1. The van der Waals surface area contributed by atoms with E-state index in [1.165, 1.54) is 17.7 Å². The third-order valence-corrected chi connectivity index (χ3v) is 6.56. The van der Waals surface area contributed by atoms with E-state index in [4.69, 9.17) is 9.40 Å². The van der Waals surface area contributed by atoms with Crippen molar-refractivity contribution in [2.45, 2.75) is 30.3 Å². The molecule has 2 heterocycles. The number of para-hydroxylation sites is 2. The number of nitrogens with zero attached hydrogens (tertiary/aromatic N) is 5. The van der Waals surface area contributed by atoms with Gasteiger partial charge in [-0.1, -0.05) is 54.2 Å². The lowest BCUT2D eigenvalue weighted by atomic mass is 10.1. The highest BCUT2D eigenvalue weighted by atomic mass is 32.2. The van der Waals surface area contributed by atoms with Gasteiger partial charge in [0.25, 0.3) is 5.69 Å². The Kier molecular flexibility index (Phi) is 6.09. The number of aryl methyl sites for hydroxylation is 2. The summed E-state index contributed by atoms with van der Waals surface area (Å²) in [5, 5.41) is 20.0. The summed E-state index contributed by atoms with van der Waals surface area (Å²) in [5.74, 6) is 0.801. The number of rotatable bonds is 8. The molecule has 2 aromatic heterocycles. The summed E-state index contributed by atoms with van der Waals surface area (Å²) in [7, 11) is 0. The molecule has 0 bridgehead atoms. The van der Waals surface area contributed by atoms with Gasteiger partial charge in [0.15, 0.2) is 5.16 Å². The van der Waals surface area contributed by atoms with Crippen molar-refractivity contribution in [1.29, 1.82) is 0 Å². The van der Waals surface area contributed by atoms with Gasteiger partial charge in [-0.25, -0.2) is 4.98 Å². The van der Waals surface area contributed by atoms with Gasteiger partial charge in [0.1, 0.15) is 0 Å². The van der Waals surface area contributed by atoms with E-state index < -0.39 is 4.92 Å². The van der Waals surface area contributed by atoms with Crippen LogP contribution in [-0.2, 0) is 13.0 Å². The molecule has 1 unspecified atom stereocenters. The first-order valence-corrected chi connectivity index (χ1v) is 11.7. The third-order valence-electron chi connectivity index (χ3n) is 5.48. The molecule has 0 spiro atoms. The van der Waals surface area contributed by atoms with Crippen molar-refractivity contribution in [3.05, 3.63) is 100 Å². The van der Waals surface area contributed by atoms with Crippen molar-refractivity contribution in [2.75, 3.05) is 0 Å². The number of non-ortho nitro benzene ring substituents is 1. The Balaban J connectivity index is 1.37. The molecule has 0 radical (unpaired) electrons. The van der Waals surface area contributed by atoms with Crippen LogP contribution < -0.4 is 0 Å². The molecule has 8 nitrogen and oxygen atoms in total. The van der Waals surface area contributed by atoms with Crippen LogP contribution in [0.4, 0.5) is 5.69 Å². The smallest absolute Gasteiger partial charge is 0.269 e. The molecule has 0 aliphatic carbocycles. The third kappa shape index (κ3) is 4.55. The molecule has 1 atom stereocenters. The Labute approximate surface area is 199 Å². The number of benzene rings is 3. The standard InChI is InChI=1S/C25H21N5O3S/c1-17(23-27-28-24(33-23)19-11-13-20(14-12-19)30(31)32)34-25-26-21-9-5-6-10-22(21)29(25)16-15-18-7-3-2-4-8-18/h2-14,17H,15-16H2,1H3. The largest absolute Gasteiger partial charge is 0.419 e. The zero-order valence-electron chi connectivity index (χ0n) is 18.4. The number of fused-ring (bicyclic) bond motifs is 1. The van der Waals surface area contributed by atoms with Crippen LogP contribution in [-0.4, -0.2) is 24.7 Å². The van der Waals surface area contributed by atoms with Crippen molar-refractivity contribution in [3.8, 4) is 11.5 Å². The first-order valence-electron chi connectivity index (χ1n) is 10.8. The number of imidazole rings is 1. The number of nitro benzene ring substituents is 1. The quantitative estimate of drug-likeness (QED) is 0.153. The monoisotopic (exact) mass is 471 g/mol. The van der Waals surface area contributed by atoms with E-state index in [0.717, 1.165) is 29.2 Å². The molecule has 34 heavy (non-hydrogen) atoms. The van der Waals surface area contributed by atoms with E-state index >= 15 is 0 Å². The van der Waals surface area contributed by atoms with Gasteiger partial charge < -0.3 is 8.98 Å². The fourth-order valence-electron chi connectivity index (χ4n) is 3.69. The first kappa shape index (κ1) is 21.8. The summed E-state index contributed by atoms with van der Waals surface area (Å²) in [6.45, 7) is 2.80. The van der Waals surface area contributed by atoms with Crippen LogP contribution >= 0.6 is 11.8 Å². The van der Waals surface area contributed by atoms with Crippen molar-refractivity contribution in [3.63, 3.8) is 0 Å². The highest BCUT2D eigenvalue weighted by Crippen LogP contribution is 2.36. The maximum atomic E-state index is 10.9. The van der Waals surface area contributed by atoms with Crippen molar-refractivity contribution >= 4 is 28.5 Å². The minimum absolute atomic E-state index is 0.0156. The lowest BCUT2D eigenvalue weighted by molar-refractivity contribution is -0.384. The van der Waals surface area contributed by atoms with E-state index in [9.17, 15) is 10.1 Å².